The molecule has 0 aliphatic rings. The maximum atomic E-state index is 13.1. The summed E-state index contributed by atoms with van der Waals surface area (Å²) in [7, 11) is 0. The van der Waals surface area contributed by atoms with Gasteiger partial charge in [0.2, 0.25) is 5.91 Å². The minimum atomic E-state index is -1.12. The molecule has 0 aliphatic heterocycles. The van der Waals surface area contributed by atoms with Gasteiger partial charge >= 0.3 is 5.97 Å². The summed E-state index contributed by atoms with van der Waals surface area (Å²) in [6.45, 7) is 1.99. The van der Waals surface area contributed by atoms with E-state index < -0.39 is 24.0 Å². The van der Waals surface area contributed by atoms with Crippen LogP contribution in [0.3, 0.4) is 0 Å². The minimum Gasteiger partial charge on any atom is -0.480 e. The minimum absolute atomic E-state index is 0.160. The molecule has 0 bridgehead atoms. The van der Waals surface area contributed by atoms with Crippen molar-refractivity contribution in [2.45, 2.75) is 44.7 Å². The van der Waals surface area contributed by atoms with Crippen LogP contribution in [0, 0.1) is 0 Å². The second-order valence-electron chi connectivity index (χ2n) is 7.22. The van der Waals surface area contributed by atoms with Crippen LogP contribution in [0.1, 0.15) is 37.8 Å². The van der Waals surface area contributed by atoms with Gasteiger partial charge in [-0.1, -0.05) is 62.2 Å². The van der Waals surface area contributed by atoms with Crippen molar-refractivity contribution in [1.82, 2.24) is 14.9 Å². The number of carboxylic acids is 1. The molecule has 0 radical (unpaired) electrons. The van der Waals surface area contributed by atoms with E-state index in [1.807, 2.05) is 37.3 Å². The predicted octanol–water partition coefficient (Wildman–Crippen LogP) is 2.94. The molecule has 1 amide bonds. The summed E-state index contributed by atoms with van der Waals surface area (Å²) in [4.78, 5) is 42.1. The standard InChI is InChI=1S/C23H25N3O4/c1-2-3-13-20(26-15-24-18-12-8-7-11-17(18)22(26)28)21(27)25-19(23(29)30)14-16-9-5-4-6-10-16/h4-12,15,19-20H,2-3,13-14H2,1H3,(H,25,27)(H,29,30)/t19-,20+/m0/s1. The van der Waals surface area contributed by atoms with Gasteiger partial charge in [-0.2, -0.15) is 0 Å². The number of hydrogen-bond acceptors (Lipinski definition) is 4. The fourth-order valence-corrected chi connectivity index (χ4v) is 3.42. The summed E-state index contributed by atoms with van der Waals surface area (Å²) in [5.74, 6) is -1.61. The molecular formula is C23H25N3O4. The SMILES string of the molecule is CCCC[C@H](C(=O)N[C@@H](Cc1ccccc1)C(=O)O)n1cnc2ccccc2c1=O. The number of amides is 1. The highest BCUT2D eigenvalue weighted by molar-refractivity contribution is 5.86. The van der Waals surface area contributed by atoms with Crippen molar-refractivity contribution in [2.24, 2.45) is 0 Å². The van der Waals surface area contributed by atoms with Crippen LogP contribution in [0.5, 0.6) is 0 Å². The van der Waals surface area contributed by atoms with E-state index in [1.54, 1.807) is 24.3 Å². The molecule has 3 aromatic rings. The Bertz CT molecular complexity index is 1080. The van der Waals surface area contributed by atoms with E-state index >= 15 is 0 Å². The number of benzene rings is 2. The number of carbonyl (C=O) groups excluding carboxylic acids is 1. The Kier molecular flexibility index (Phi) is 6.95. The number of hydrogen-bond donors (Lipinski definition) is 2. The largest absolute Gasteiger partial charge is 0.480 e. The lowest BCUT2D eigenvalue weighted by molar-refractivity contribution is -0.142. The number of carbonyl (C=O) groups is 2. The second kappa shape index (κ2) is 9.82. The normalized spacial score (nSPS) is 13.0. The number of nitrogens with one attached hydrogen (secondary N) is 1. The van der Waals surface area contributed by atoms with Crippen LogP contribution < -0.4 is 10.9 Å². The summed E-state index contributed by atoms with van der Waals surface area (Å²) >= 11 is 0. The van der Waals surface area contributed by atoms with E-state index in [2.05, 4.69) is 10.3 Å². The number of rotatable bonds is 9. The van der Waals surface area contributed by atoms with Crippen molar-refractivity contribution in [3.05, 3.63) is 76.8 Å². The molecule has 156 valence electrons. The lowest BCUT2D eigenvalue weighted by Crippen LogP contribution is -2.46. The van der Waals surface area contributed by atoms with E-state index in [0.717, 1.165) is 12.0 Å². The maximum Gasteiger partial charge on any atom is 0.326 e. The van der Waals surface area contributed by atoms with E-state index in [1.165, 1.54) is 10.9 Å². The maximum absolute atomic E-state index is 13.1. The highest BCUT2D eigenvalue weighted by Crippen LogP contribution is 2.16. The topological polar surface area (TPSA) is 101 Å². The first-order chi connectivity index (χ1) is 14.5. The molecular weight excluding hydrogens is 382 g/mol. The molecule has 0 aliphatic carbocycles. The quantitative estimate of drug-likeness (QED) is 0.568. The van der Waals surface area contributed by atoms with Crippen molar-refractivity contribution < 1.29 is 14.7 Å². The van der Waals surface area contributed by atoms with Crippen molar-refractivity contribution >= 4 is 22.8 Å². The van der Waals surface area contributed by atoms with Gasteiger partial charge in [-0.05, 0) is 24.1 Å². The van der Waals surface area contributed by atoms with Crippen LogP contribution >= 0.6 is 0 Å². The van der Waals surface area contributed by atoms with Crippen molar-refractivity contribution in [3.8, 4) is 0 Å². The van der Waals surface area contributed by atoms with Crippen molar-refractivity contribution in [3.63, 3.8) is 0 Å². The van der Waals surface area contributed by atoms with Crippen LogP contribution in [-0.4, -0.2) is 32.6 Å². The highest BCUT2D eigenvalue weighted by Gasteiger charge is 2.27. The van der Waals surface area contributed by atoms with E-state index in [9.17, 15) is 19.5 Å². The van der Waals surface area contributed by atoms with Gasteiger partial charge in [-0.25, -0.2) is 9.78 Å². The average Bonchev–Trinajstić information content (AvgIpc) is 2.75. The van der Waals surface area contributed by atoms with Gasteiger partial charge in [0.25, 0.3) is 5.56 Å². The van der Waals surface area contributed by atoms with Crippen molar-refractivity contribution in [2.75, 3.05) is 0 Å². The molecule has 2 aromatic carbocycles. The van der Waals surface area contributed by atoms with Gasteiger partial charge < -0.3 is 10.4 Å². The van der Waals surface area contributed by atoms with Crippen LogP contribution in [0.15, 0.2) is 65.7 Å². The van der Waals surface area contributed by atoms with Gasteiger partial charge in [0, 0.05) is 6.42 Å². The third-order valence-corrected chi connectivity index (χ3v) is 5.06. The summed E-state index contributed by atoms with van der Waals surface area (Å²) in [5.41, 5.74) is 1.05. The number of fused-ring (bicyclic) bond motifs is 1. The average molecular weight is 407 g/mol. The molecule has 0 fully saturated rings. The zero-order valence-electron chi connectivity index (χ0n) is 16.8. The molecule has 0 spiro atoms. The molecule has 7 heteroatoms. The zero-order chi connectivity index (χ0) is 21.5. The monoisotopic (exact) mass is 407 g/mol. The van der Waals surface area contributed by atoms with E-state index in [0.29, 0.717) is 23.7 Å². The lowest BCUT2D eigenvalue weighted by atomic mass is 10.0. The Hall–Kier alpha value is -3.48. The number of aliphatic carboxylic acids is 1. The third-order valence-electron chi connectivity index (χ3n) is 5.06. The number of nitrogens with zero attached hydrogens (tertiary/aromatic N) is 2. The van der Waals surface area contributed by atoms with Gasteiger partial charge in [0.15, 0.2) is 0 Å². The molecule has 30 heavy (non-hydrogen) atoms. The Morgan fingerprint density at radius 3 is 2.50 bits per heavy atom. The molecule has 0 saturated carbocycles. The second-order valence-corrected chi connectivity index (χ2v) is 7.22. The number of para-hydroxylation sites is 1. The smallest absolute Gasteiger partial charge is 0.326 e. The molecule has 0 saturated heterocycles. The Balaban J connectivity index is 1.89. The number of aromatic nitrogens is 2. The van der Waals surface area contributed by atoms with Gasteiger partial charge in [0.05, 0.1) is 17.2 Å². The first-order valence-electron chi connectivity index (χ1n) is 10.0. The molecule has 3 rings (SSSR count). The lowest BCUT2D eigenvalue weighted by Gasteiger charge is -2.22. The van der Waals surface area contributed by atoms with Crippen molar-refractivity contribution in [1.29, 1.82) is 0 Å². The zero-order valence-corrected chi connectivity index (χ0v) is 16.8. The molecule has 1 heterocycles. The fraction of sp³-hybridized carbons (Fsp3) is 0.304. The summed E-state index contributed by atoms with van der Waals surface area (Å²) in [5, 5.41) is 12.7. The van der Waals surface area contributed by atoms with Crippen LogP contribution in [0.2, 0.25) is 0 Å². The molecule has 7 nitrogen and oxygen atoms in total. The van der Waals surface area contributed by atoms with Gasteiger partial charge in [0.1, 0.15) is 12.1 Å². The van der Waals surface area contributed by atoms with Gasteiger partial charge in [-0.15, -0.1) is 0 Å². The molecule has 1 aromatic heterocycles. The number of unbranched alkanes of at least 4 members (excludes halogenated alkanes) is 1. The Labute approximate surface area is 174 Å². The van der Waals surface area contributed by atoms with Crippen LogP contribution in [0.25, 0.3) is 10.9 Å². The first kappa shape index (κ1) is 21.2. The van der Waals surface area contributed by atoms with E-state index in [-0.39, 0.29) is 12.0 Å². The number of carboxylic acid groups (broad SMARTS) is 1. The van der Waals surface area contributed by atoms with Crippen LogP contribution in [-0.2, 0) is 16.0 Å². The third kappa shape index (κ3) is 4.92. The first-order valence-corrected chi connectivity index (χ1v) is 10.0. The molecule has 2 N–H and O–H groups in total. The summed E-state index contributed by atoms with van der Waals surface area (Å²) < 4.78 is 1.31. The van der Waals surface area contributed by atoms with E-state index in [4.69, 9.17) is 0 Å². The molecule has 0 unspecified atom stereocenters. The summed E-state index contributed by atoms with van der Waals surface area (Å²) in [6.07, 6.45) is 3.50. The predicted molar refractivity (Wildman–Crippen MR) is 114 cm³/mol. The molecule has 2 atom stereocenters. The fourth-order valence-electron chi connectivity index (χ4n) is 3.42. The highest BCUT2D eigenvalue weighted by atomic mass is 16.4. The summed E-state index contributed by atoms with van der Waals surface area (Å²) in [6, 6.07) is 14.1. The van der Waals surface area contributed by atoms with Crippen LogP contribution in [0.4, 0.5) is 0 Å². The van der Waals surface area contributed by atoms with Gasteiger partial charge in [-0.3, -0.25) is 14.2 Å². The Morgan fingerprint density at radius 1 is 1.10 bits per heavy atom. The Morgan fingerprint density at radius 2 is 1.80 bits per heavy atom.